The Hall–Kier alpha value is -1.87. The number of hydrogen-bond acceptors (Lipinski definition) is 12. The fourth-order valence-corrected chi connectivity index (χ4v) is 5.28. The van der Waals surface area contributed by atoms with E-state index >= 15 is 0 Å². The molecular formula is C25H36O12. The van der Waals surface area contributed by atoms with Gasteiger partial charge in [-0.3, -0.25) is 0 Å². The summed E-state index contributed by atoms with van der Waals surface area (Å²) in [5, 5.41) is 61.6. The van der Waals surface area contributed by atoms with Gasteiger partial charge in [-0.2, -0.15) is 0 Å². The molecule has 0 aromatic heterocycles. The van der Waals surface area contributed by atoms with Gasteiger partial charge < -0.3 is 54.3 Å². The molecule has 12 atom stereocenters. The molecule has 0 spiro atoms. The number of aliphatic hydroxyl groups excluding tert-OH is 4. The van der Waals surface area contributed by atoms with E-state index in [0.29, 0.717) is 18.4 Å². The molecule has 37 heavy (non-hydrogen) atoms. The van der Waals surface area contributed by atoms with Crippen molar-refractivity contribution < 1.29 is 59.1 Å². The number of carbonyl (C=O) groups excluding carboxylic acids is 1. The first-order chi connectivity index (χ1) is 17.3. The molecule has 3 heterocycles. The zero-order valence-electron chi connectivity index (χ0n) is 21.0. The SMILES string of the molecule is C=C[C@@](C)(O)CC/C=C(\C)C(=O)O[C@@H]1[C@@H]2O[C@]2(C)[C@H]2[C@H](O[C@@H]3O[C@H](CO)[C@@H](O)[C@H](O)[C@H]3O)OC=C[C@@]12O. The van der Waals surface area contributed by atoms with Gasteiger partial charge in [-0.25, -0.2) is 4.79 Å². The Balaban J connectivity index is 1.47. The normalized spacial score (nSPS) is 46.3. The summed E-state index contributed by atoms with van der Waals surface area (Å²) >= 11 is 0. The van der Waals surface area contributed by atoms with E-state index in [4.69, 9.17) is 23.7 Å². The first-order valence-corrected chi connectivity index (χ1v) is 12.2. The zero-order valence-corrected chi connectivity index (χ0v) is 21.0. The van der Waals surface area contributed by atoms with Crippen LogP contribution in [0.25, 0.3) is 0 Å². The highest BCUT2D eigenvalue weighted by atomic mass is 16.8. The zero-order chi connectivity index (χ0) is 27.3. The highest BCUT2D eigenvalue weighted by molar-refractivity contribution is 5.88. The number of rotatable bonds is 9. The number of esters is 1. The van der Waals surface area contributed by atoms with Gasteiger partial charge in [-0.15, -0.1) is 6.58 Å². The lowest BCUT2D eigenvalue weighted by molar-refractivity contribution is -0.349. The molecule has 4 rings (SSSR count). The van der Waals surface area contributed by atoms with E-state index in [9.17, 15) is 35.4 Å². The summed E-state index contributed by atoms with van der Waals surface area (Å²) in [5.74, 6) is -1.59. The van der Waals surface area contributed by atoms with Crippen LogP contribution in [-0.4, -0.2) is 109 Å². The maximum atomic E-state index is 12.8. The van der Waals surface area contributed by atoms with Crippen molar-refractivity contribution in [3.8, 4) is 0 Å². The molecular weight excluding hydrogens is 492 g/mol. The topological polar surface area (TPSA) is 188 Å². The standard InChI is InChI=1S/C25H36O12/c1-5-23(3,31)8-6-7-12(2)20(30)35-19-18-24(4,37-18)17-22(33-10-9-25(17,19)32)36-21-16(29)15(28)14(27)13(11-26)34-21/h5,7,9-10,13-19,21-22,26-29,31-32H,1,6,8,11H2,2-4H3/b12-7+/t13-,14-,15+,16-,17-,18+,19-,21+,22+,23-,24-,25+/m1/s1. The number of carbonyl (C=O) groups is 1. The second-order valence-corrected chi connectivity index (χ2v) is 10.5. The van der Waals surface area contributed by atoms with E-state index in [1.165, 1.54) is 18.4 Å². The molecule has 0 aromatic rings. The van der Waals surface area contributed by atoms with E-state index < -0.39 is 84.5 Å². The molecule has 1 saturated carbocycles. The van der Waals surface area contributed by atoms with E-state index in [-0.39, 0.29) is 0 Å². The average Bonchev–Trinajstić information content (AvgIpc) is 3.48. The molecule has 208 valence electrons. The van der Waals surface area contributed by atoms with Crippen molar-refractivity contribution in [3.05, 3.63) is 36.6 Å². The van der Waals surface area contributed by atoms with Crippen molar-refractivity contribution in [1.29, 1.82) is 0 Å². The minimum atomic E-state index is -1.75. The van der Waals surface area contributed by atoms with Crippen LogP contribution in [0.15, 0.2) is 36.6 Å². The summed E-state index contributed by atoms with van der Waals surface area (Å²) in [5.41, 5.74) is -3.54. The summed E-state index contributed by atoms with van der Waals surface area (Å²) in [4.78, 5) is 12.8. The third-order valence-electron chi connectivity index (χ3n) is 7.77. The number of fused-ring (bicyclic) bond motifs is 3. The average molecular weight is 529 g/mol. The molecule has 0 bridgehead atoms. The highest BCUT2D eigenvalue weighted by Gasteiger charge is 2.80. The fourth-order valence-electron chi connectivity index (χ4n) is 5.28. The second-order valence-electron chi connectivity index (χ2n) is 10.5. The second kappa shape index (κ2) is 10.0. The van der Waals surface area contributed by atoms with Crippen LogP contribution in [-0.2, 0) is 28.5 Å². The molecule has 6 N–H and O–H groups in total. The molecule has 0 unspecified atom stereocenters. The van der Waals surface area contributed by atoms with Crippen LogP contribution >= 0.6 is 0 Å². The van der Waals surface area contributed by atoms with E-state index in [0.717, 1.165) is 0 Å². The lowest BCUT2D eigenvalue weighted by Gasteiger charge is -2.45. The largest absolute Gasteiger partial charge is 0.472 e. The molecule has 4 aliphatic rings. The predicted molar refractivity (Wildman–Crippen MR) is 124 cm³/mol. The molecule has 12 nitrogen and oxygen atoms in total. The van der Waals surface area contributed by atoms with Crippen LogP contribution in [0.4, 0.5) is 0 Å². The van der Waals surface area contributed by atoms with Crippen molar-refractivity contribution in [2.24, 2.45) is 5.92 Å². The highest BCUT2D eigenvalue weighted by Crippen LogP contribution is 2.62. The van der Waals surface area contributed by atoms with E-state index in [1.54, 1.807) is 26.8 Å². The Labute approximate surface area is 214 Å². The molecule has 12 heteroatoms. The third-order valence-corrected chi connectivity index (χ3v) is 7.77. The monoisotopic (exact) mass is 528 g/mol. The quantitative estimate of drug-likeness (QED) is 0.0906. The fraction of sp³-hybridized carbons (Fsp3) is 0.720. The van der Waals surface area contributed by atoms with Gasteiger partial charge in [0.1, 0.15) is 41.7 Å². The first kappa shape index (κ1) is 28.1. The maximum absolute atomic E-state index is 12.8. The van der Waals surface area contributed by atoms with Crippen LogP contribution < -0.4 is 0 Å². The Bertz CT molecular complexity index is 946. The van der Waals surface area contributed by atoms with Gasteiger partial charge in [-0.1, -0.05) is 12.2 Å². The van der Waals surface area contributed by atoms with Crippen LogP contribution in [0.2, 0.25) is 0 Å². The minimum absolute atomic E-state index is 0.291. The van der Waals surface area contributed by atoms with Crippen molar-refractivity contribution in [3.63, 3.8) is 0 Å². The van der Waals surface area contributed by atoms with Crippen LogP contribution in [0.5, 0.6) is 0 Å². The summed E-state index contributed by atoms with van der Waals surface area (Å²) < 4.78 is 28.3. The van der Waals surface area contributed by atoms with E-state index in [2.05, 4.69) is 6.58 Å². The van der Waals surface area contributed by atoms with Crippen molar-refractivity contribution >= 4 is 5.97 Å². The molecule has 2 saturated heterocycles. The van der Waals surface area contributed by atoms with Crippen molar-refractivity contribution in [2.45, 2.75) is 99.6 Å². The lowest BCUT2D eigenvalue weighted by Crippen LogP contribution is -2.62. The number of allylic oxidation sites excluding steroid dienone is 1. The number of aliphatic hydroxyl groups is 6. The third kappa shape index (κ3) is 4.98. The first-order valence-electron chi connectivity index (χ1n) is 12.2. The molecule has 0 aromatic carbocycles. The summed E-state index contributed by atoms with van der Waals surface area (Å²) in [6, 6.07) is 0. The van der Waals surface area contributed by atoms with Gasteiger partial charge >= 0.3 is 5.97 Å². The molecule has 3 aliphatic heterocycles. The smallest absolute Gasteiger partial charge is 0.333 e. The Morgan fingerprint density at radius 3 is 2.57 bits per heavy atom. The predicted octanol–water partition coefficient (Wildman–Crippen LogP) is -1.23. The molecule has 3 fully saturated rings. The molecule has 0 amide bonds. The summed E-state index contributed by atoms with van der Waals surface area (Å²) in [6.45, 7) is 7.82. The molecule has 1 aliphatic carbocycles. The van der Waals surface area contributed by atoms with Gasteiger partial charge in [-0.05, 0) is 39.7 Å². The molecule has 0 radical (unpaired) electrons. The Morgan fingerprint density at radius 2 is 1.92 bits per heavy atom. The minimum Gasteiger partial charge on any atom is -0.472 e. The number of ether oxygens (including phenoxy) is 5. The van der Waals surface area contributed by atoms with Gasteiger partial charge in [0.05, 0.1) is 24.4 Å². The summed E-state index contributed by atoms with van der Waals surface area (Å²) in [6.07, 6.45) is -4.27. The van der Waals surface area contributed by atoms with Gasteiger partial charge in [0.15, 0.2) is 12.4 Å². The van der Waals surface area contributed by atoms with Crippen molar-refractivity contribution in [2.75, 3.05) is 6.61 Å². The lowest BCUT2D eigenvalue weighted by atomic mass is 9.82. The summed E-state index contributed by atoms with van der Waals surface area (Å²) in [7, 11) is 0. The van der Waals surface area contributed by atoms with E-state index in [1.807, 2.05) is 0 Å². The number of hydrogen-bond donors (Lipinski definition) is 6. The van der Waals surface area contributed by atoms with Crippen LogP contribution in [0.3, 0.4) is 0 Å². The Kier molecular flexibility index (Phi) is 7.63. The van der Waals surface area contributed by atoms with Gasteiger partial charge in [0.25, 0.3) is 0 Å². The number of epoxide rings is 1. The van der Waals surface area contributed by atoms with Crippen LogP contribution in [0, 0.1) is 5.92 Å². The van der Waals surface area contributed by atoms with Crippen molar-refractivity contribution in [1.82, 2.24) is 0 Å². The van der Waals surface area contributed by atoms with Gasteiger partial charge in [0, 0.05) is 5.57 Å². The maximum Gasteiger partial charge on any atom is 0.333 e. The van der Waals surface area contributed by atoms with Gasteiger partial charge in [0.2, 0.25) is 6.29 Å². The Morgan fingerprint density at radius 1 is 1.22 bits per heavy atom. The van der Waals surface area contributed by atoms with Crippen LogP contribution in [0.1, 0.15) is 33.6 Å².